The van der Waals surface area contributed by atoms with E-state index in [0.29, 0.717) is 34.4 Å². The molecule has 0 aromatic heterocycles. The number of hydrogen-bond donors (Lipinski definition) is 1. The first kappa shape index (κ1) is 23.2. The molecule has 0 unspecified atom stereocenters. The maximum absolute atomic E-state index is 13.6. The number of fused-ring (bicyclic) bond motifs is 2. The van der Waals surface area contributed by atoms with E-state index in [1.54, 1.807) is 24.3 Å². The molecular weight excluding hydrogens is 462 g/mol. The summed E-state index contributed by atoms with van der Waals surface area (Å²) in [4.78, 5) is 39.7. The van der Waals surface area contributed by atoms with Gasteiger partial charge in [-0.2, -0.15) is 0 Å². The highest BCUT2D eigenvalue weighted by atomic mass is 16.5. The minimum absolute atomic E-state index is 0.0536. The summed E-state index contributed by atoms with van der Waals surface area (Å²) in [7, 11) is 0. The minimum Gasteiger partial charge on any atom is -0.423 e. The first-order valence-electron chi connectivity index (χ1n) is 12.5. The number of rotatable bonds is 3. The fourth-order valence-corrected chi connectivity index (χ4v) is 5.71. The molecule has 0 spiro atoms. The summed E-state index contributed by atoms with van der Waals surface area (Å²) in [6.07, 6.45) is 1.16. The van der Waals surface area contributed by atoms with E-state index in [1.165, 1.54) is 0 Å². The van der Waals surface area contributed by atoms with Crippen molar-refractivity contribution in [3.8, 4) is 5.75 Å². The van der Waals surface area contributed by atoms with Gasteiger partial charge in [0.05, 0.1) is 11.3 Å². The molecule has 0 saturated heterocycles. The number of Topliss-reactive ketones (excluding diaryl/α,β-unsaturated/α-hetero) is 2. The van der Waals surface area contributed by atoms with Gasteiger partial charge in [0.2, 0.25) is 0 Å². The van der Waals surface area contributed by atoms with Crippen LogP contribution in [0.2, 0.25) is 0 Å². The first-order chi connectivity index (χ1) is 17.7. The number of ketones is 2. The van der Waals surface area contributed by atoms with Gasteiger partial charge in [-0.3, -0.25) is 9.59 Å². The van der Waals surface area contributed by atoms with E-state index in [9.17, 15) is 14.4 Å². The molecule has 3 aromatic carbocycles. The van der Waals surface area contributed by atoms with Crippen LogP contribution in [0.3, 0.4) is 0 Å². The molecular formula is C32H27NO4. The fourth-order valence-electron chi connectivity index (χ4n) is 5.71. The quantitative estimate of drug-likeness (QED) is 0.353. The second kappa shape index (κ2) is 8.41. The first-order valence-corrected chi connectivity index (χ1v) is 12.5. The number of dihydropyridines is 1. The lowest BCUT2D eigenvalue weighted by Gasteiger charge is -2.39. The van der Waals surface area contributed by atoms with Gasteiger partial charge in [-0.15, -0.1) is 0 Å². The molecule has 184 valence electrons. The molecule has 0 bridgehead atoms. The zero-order valence-electron chi connectivity index (χ0n) is 21.1. The third kappa shape index (κ3) is 3.91. The molecule has 1 aliphatic heterocycles. The van der Waals surface area contributed by atoms with Crippen LogP contribution in [-0.2, 0) is 4.79 Å². The van der Waals surface area contributed by atoms with Crippen molar-refractivity contribution >= 4 is 23.2 Å². The Balaban J connectivity index is 1.39. The number of nitrogens with one attached hydrogen (secondary N) is 1. The van der Waals surface area contributed by atoms with E-state index >= 15 is 0 Å². The number of allylic oxidation sites excluding steroid dienone is 3. The maximum Gasteiger partial charge on any atom is 0.343 e. The molecule has 5 nitrogen and oxygen atoms in total. The van der Waals surface area contributed by atoms with Crippen LogP contribution in [-0.4, -0.2) is 17.5 Å². The van der Waals surface area contributed by atoms with E-state index in [0.717, 1.165) is 34.5 Å². The highest BCUT2D eigenvalue weighted by Gasteiger charge is 2.46. The van der Waals surface area contributed by atoms with Crippen molar-refractivity contribution in [2.75, 3.05) is 0 Å². The van der Waals surface area contributed by atoms with Crippen molar-refractivity contribution < 1.29 is 19.1 Å². The second-order valence-corrected chi connectivity index (χ2v) is 10.9. The Morgan fingerprint density at radius 1 is 0.865 bits per heavy atom. The van der Waals surface area contributed by atoms with Crippen LogP contribution in [0.4, 0.5) is 0 Å². The molecule has 1 heterocycles. The number of carbonyl (C=O) groups excluding carboxylic acids is 3. The Kier molecular flexibility index (Phi) is 5.27. The summed E-state index contributed by atoms with van der Waals surface area (Å²) in [6.45, 7) is 6.16. The Bertz CT molecular complexity index is 1540. The number of benzene rings is 3. The van der Waals surface area contributed by atoms with Crippen molar-refractivity contribution in [1.29, 1.82) is 0 Å². The molecule has 0 amide bonds. The smallest absolute Gasteiger partial charge is 0.343 e. The standard InChI is InChI=1S/C32H27NO4/c1-18-8-10-20(11-9-18)31(36)37-21-14-12-19(13-15-21)26-27-24(16-32(2,3)17-25(27)34)33-29-22-6-4-5-7-23(22)30(35)28(26)29/h4-15,26,33H,16-17H2,1-3H3/t26-/m0/s1. The predicted molar refractivity (Wildman–Crippen MR) is 141 cm³/mol. The fraction of sp³-hybridized carbons (Fsp3) is 0.219. The highest BCUT2D eigenvalue weighted by Crippen LogP contribution is 2.51. The van der Waals surface area contributed by atoms with Crippen LogP contribution in [0.5, 0.6) is 5.75 Å². The molecule has 5 heteroatoms. The molecule has 0 fully saturated rings. The normalized spacial score (nSPS) is 19.7. The molecule has 2 aliphatic carbocycles. The van der Waals surface area contributed by atoms with Crippen LogP contribution < -0.4 is 10.1 Å². The third-order valence-electron chi connectivity index (χ3n) is 7.44. The molecule has 1 atom stereocenters. The Labute approximate surface area is 215 Å². The summed E-state index contributed by atoms with van der Waals surface area (Å²) in [5.41, 5.74) is 6.69. The summed E-state index contributed by atoms with van der Waals surface area (Å²) < 4.78 is 5.59. The van der Waals surface area contributed by atoms with Gasteiger partial charge in [-0.1, -0.05) is 67.9 Å². The van der Waals surface area contributed by atoms with Crippen molar-refractivity contribution in [2.24, 2.45) is 5.41 Å². The van der Waals surface area contributed by atoms with Crippen molar-refractivity contribution in [1.82, 2.24) is 5.32 Å². The molecule has 6 rings (SSSR count). The van der Waals surface area contributed by atoms with Gasteiger partial charge in [0.25, 0.3) is 0 Å². The van der Waals surface area contributed by atoms with Crippen LogP contribution in [0.1, 0.15) is 70.0 Å². The van der Waals surface area contributed by atoms with Crippen LogP contribution in [0.25, 0.3) is 5.70 Å². The van der Waals surface area contributed by atoms with Gasteiger partial charge in [0, 0.05) is 40.3 Å². The predicted octanol–water partition coefficient (Wildman–Crippen LogP) is 6.15. The summed E-state index contributed by atoms with van der Waals surface area (Å²) in [5.74, 6) is -0.493. The van der Waals surface area contributed by atoms with Gasteiger partial charge in [0.1, 0.15) is 5.75 Å². The zero-order valence-corrected chi connectivity index (χ0v) is 21.1. The molecule has 1 N–H and O–H groups in total. The number of hydrogen-bond acceptors (Lipinski definition) is 5. The van der Waals surface area contributed by atoms with Crippen LogP contribution in [0, 0.1) is 12.3 Å². The molecule has 37 heavy (non-hydrogen) atoms. The van der Waals surface area contributed by atoms with E-state index in [1.807, 2.05) is 55.5 Å². The van der Waals surface area contributed by atoms with E-state index < -0.39 is 11.9 Å². The summed E-state index contributed by atoms with van der Waals surface area (Å²) in [5, 5.41) is 3.50. The van der Waals surface area contributed by atoms with Gasteiger partial charge in [-0.25, -0.2) is 4.79 Å². The Morgan fingerprint density at radius 2 is 1.54 bits per heavy atom. The van der Waals surface area contributed by atoms with Crippen molar-refractivity contribution in [3.63, 3.8) is 0 Å². The van der Waals surface area contributed by atoms with E-state index in [4.69, 9.17) is 4.74 Å². The van der Waals surface area contributed by atoms with E-state index in [-0.39, 0.29) is 17.0 Å². The number of carbonyl (C=O) groups is 3. The minimum atomic E-state index is -0.475. The highest BCUT2D eigenvalue weighted by molar-refractivity contribution is 6.23. The largest absolute Gasteiger partial charge is 0.423 e. The summed E-state index contributed by atoms with van der Waals surface area (Å²) >= 11 is 0. The third-order valence-corrected chi connectivity index (χ3v) is 7.44. The van der Waals surface area contributed by atoms with Gasteiger partial charge >= 0.3 is 5.97 Å². The van der Waals surface area contributed by atoms with Gasteiger partial charge in [-0.05, 0) is 48.6 Å². The lowest BCUT2D eigenvalue weighted by Crippen LogP contribution is -2.37. The lowest BCUT2D eigenvalue weighted by atomic mass is 9.68. The van der Waals surface area contributed by atoms with Crippen LogP contribution in [0.15, 0.2) is 89.6 Å². The number of esters is 1. The molecule has 3 aromatic rings. The van der Waals surface area contributed by atoms with E-state index in [2.05, 4.69) is 19.2 Å². The Morgan fingerprint density at radius 3 is 2.24 bits per heavy atom. The monoisotopic (exact) mass is 489 g/mol. The lowest BCUT2D eigenvalue weighted by molar-refractivity contribution is -0.118. The number of aryl methyl sites for hydroxylation is 1. The average Bonchev–Trinajstić information content (AvgIpc) is 3.15. The zero-order chi connectivity index (χ0) is 25.9. The maximum atomic E-state index is 13.6. The number of ether oxygens (including phenoxy) is 1. The molecule has 0 radical (unpaired) electrons. The SMILES string of the molecule is Cc1ccc(C(=O)Oc2ccc([C@H]3C4=C(CC(C)(C)CC4=O)NC4=C3C(=O)c3ccccc34)cc2)cc1. The second-order valence-electron chi connectivity index (χ2n) is 10.9. The van der Waals surface area contributed by atoms with Crippen LogP contribution >= 0.6 is 0 Å². The van der Waals surface area contributed by atoms with Crippen molar-refractivity contribution in [3.05, 3.63) is 117 Å². The Hall–Kier alpha value is -4.25. The summed E-state index contributed by atoms with van der Waals surface area (Å²) in [6, 6.07) is 22.0. The van der Waals surface area contributed by atoms with Crippen molar-refractivity contribution in [2.45, 2.75) is 39.5 Å². The van der Waals surface area contributed by atoms with Gasteiger partial charge in [0.15, 0.2) is 11.6 Å². The molecule has 0 saturated carbocycles. The molecule has 3 aliphatic rings. The van der Waals surface area contributed by atoms with Gasteiger partial charge < -0.3 is 10.1 Å². The topological polar surface area (TPSA) is 72.5 Å². The average molecular weight is 490 g/mol.